The fourth-order valence-corrected chi connectivity index (χ4v) is 2.45. The van der Waals surface area contributed by atoms with Crippen molar-refractivity contribution in [1.29, 1.82) is 0 Å². The molecule has 1 saturated heterocycles. The molecule has 2 aromatic heterocycles. The maximum atomic E-state index is 11.7. The van der Waals surface area contributed by atoms with Crippen LogP contribution >= 0.6 is 0 Å². The van der Waals surface area contributed by atoms with Crippen molar-refractivity contribution in [2.45, 2.75) is 6.92 Å². The summed E-state index contributed by atoms with van der Waals surface area (Å²) in [4.78, 5) is 19.8. The largest absolute Gasteiger partial charge is 0.450 e. The van der Waals surface area contributed by atoms with Crippen LogP contribution < -0.4 is 10.6 Å². The summed E-state index contributed by atoms with van der Waals surface area (Å²) < 4.78 is 6.66. The minimum absolute atomic E-state index is 0.238. The average molecular weight is 290 g/mol. The van der Waals surface area contributed by atoms with Crippen molar-refractivity contribution in [3.63, 3.8) is 0 Å². The van der Waals surface area contributed by atoms with E-state index >= 15 is 0 Å². The van der Waals surface area contributed by atoms with Crippen molar-refractivity contribution in [1.82, 2.24) is 19.5 Å². The smallest absolute Gasteiger partial charge is 0.409 e. The van der Waals surface area contributed by atoms with Crippen molar-refractivity contribution in [2.75, 3.05) is 43.4 Å². The van der Waals surface area contributed by atoms with Crippen molar-refractivity contribution >= 4 is 23.4 Å². The molecule has 0 atom stereocenters. The van der Waals surface area contributed by atoms with E-state index < -0.39 is 0 Å². The van der Waals surface area contributed by atoms with Gasteiger partial charge in [0.25, 0.3) is 0 Å². The van der Waals surface area contributed by atoms with Gasteiger partial charge in [-0.15, -0.1) is 5.10 Å². The molecule has 0 unspecified atom stereocenters. The molecular weight excluding hydrogens is 272 g/mol. The highest BCUT2D eigenvalue weighted by molar-refractivity contribution is 5.68. The molecule has 3 heterocycles. The van der Waals surface area contributed by atoms with Gasteiger partial charge in [0, 0.05) is 44.1 Å². The van der Waals surface area contributed by atoms with E-state index in [1.165, 1.54) is 0 Å². The van der Waals surface area contributed by atoms with Crippen LogP contribution in [0.4, 0.5) is 16.4 Å². The second kappa shape index (κ2) is 5.47. The lowest BCUT2D eigenvalue weighted by molar-refractivity contribution is 0.105. The first-order chi connectivity index (χ1) is 10.2. The molecule has 0 aliphatic carbocycles. The van der Waals surface area contributed by atoms with Gasteiger partial charge < -0.3 is 20.3 Å². The molecule has 1 aliphatic rings. The monoisotopic (exact) mass is 290 g/mol. The first kappa shape index (κ1) is 13.5. The van der Waals surface area contributed by atoms with Crippen molar-refractivity contribution in [2.24, 2.45) is 0 Å². The minimum atomic E-state index is -0.238. The lowest BCUT2D eigenvalue weighted by Crippen LogP contribution is -2.49. The number of piperazine rings is 1. The molecule has 2 aromatic rings. The van der Waals surface area contributed by atoms with E-state index in [4.69, 9.17) is 10.5 Å². The van der Waals surface area contributed by atoms with Gasteiger partial charge in [0.1, 0.15) is 0 Å². The summed E-state index contributed by atoms with van der Waals surface area (Å²) in [5, 5.41) is 4.05. The molecule has 0 spiro atoms. The lowest BCUT2D eigenvalue weighted by Gasteiger charge is -2.35. The quantitative estimate of drug-likeness (QED) is 0.870. The van der Waals surface area contributed by atoms with Crippen molar-refractivity contribution in [3.05, 3.63) is 18.3 Å². The number of ether oxygens (including phenoxy) is 1. The number of carbonyl (C=O) groups excluding carboxylic acids is 1. The van der Waals surface area contributed by atoms with Gasteiger partial charge in [-0.05, 0) is 13.0 Å². The van der Waals surface area contributed by atoms with Crippen LogP contribution in [0, 0.1) is 0 Å². The molecular formula is C13H18N6O2. The van der Waals surface area contributed by atoms with Crippen LogP contribution in [0.1, 0.15) is 6.92 Å². The molecule has 0 saturated carbocycles. The number of nitrogens with two attached hydrogens (primary N) is 1. The number of aromatic nitrogens is 3. The fraction of sp³-hybridized carbons (Fsp3) is 0.462. The Morgan fingerprint density at radius 1 is 1.38 bits per heavy atom. The van der Waals surface area contributed by atoms with E-state index in [-0.39, 0.29) is 12.0 Å². The first-order valence-corrected chi connectivity index (χ1v) is 6.96. The van der Waals surface area contributed by atoms with E-state index in [9.17, 15) is 4.79 Å². The number of rotatable bonds is 2. The number of nitrogens with zero attached hydrogens (tertiary/aromatic N) is 5. The summed E-state index contributed by atoms with van der Waals surface area (Å²) in [5.41, 5.74) is 7.36. The summed E-state index contributed by atoms with van der Waals surface area (Å²) in [6.07, 6.45) is 1.60. The van der Waals surface area contributed by atoms with E-state index in [1.807, 2.05) is 25.3 Å². The molecule has 0 aromatic carbocycles. The lowest BCUT2D eigenvalue weighted by atomic mass is 10.2. The van der Waals surface area contributed by atoms with Crippen LogP contribution in [0.15, 0.2) is 18.3 Å². The summed E-state index contributed by atoms with van der Waals surface area (Å²) in [6, 6.07) is 3.92. The first-order valence-electron chi connectivity index (χ1n) is 6.96. The van der Waals surface area contributed by atoms with E-state index in [2.05, 4.69) is 15.0 Å². The zero-order valence-corrected chi connectivity index (χ0v) is 11.9. The summed E-state index contributed by atoms with van der Waals surface area (Å²) >= 11 is 0. The molecule has 2 N–H and O–H groups in total. The van der Waals surface area contributed by atoms with Gasteiger partial charge in [-0.25, -0.2) is 9.31 Å². The standard InChI is InChI=1S/C13H18N6O2/c1-2-21-13(20)18-7-5-17(6-8-18)10-3-4-19-11(9-10)15-12(14)16-19/h3-4,9H,2,5-8H2,1H3,(H2,14,16). The van der Waals surface area contributed by atoms with Crippen LogP contribution in [0.25, 0.3) is 5.65 Å². The Kier molecular flexibility index (Phi) is 3.51. The van der Waals surface area contributed by atoms with Crippen molar-refractivity contribution < 1.29 is 9.53 Å². The Hall–Kier alpha value is -2.51. The molecule has 21 heavy (non-hydrogen) atoms. The van der Waals surface area contributed by atoms with Gasteiger partial charge in [0.05, 0.1) is 6.61 Å². The Morgan fingerprint density at radius 3 is 2.86 bits per heavy atom. The van der Waals surface area contributed by atoms with E-state index in [0.717, 1.165) is 24.4 Å². The third-order valence-corrected chi connectivity index (χ3v) is 3.51. The number of pyridine rings is 1. The summed E-state index contributed by atoms with van der Waals surface area (Å²) in [5.74, 6) is 0.263. The fourth-order valence-electron chi connectivity index (χ4n) is 2.45. The maximum absolute atomic E-state index is 11.7. The predicted octanol–water partition coefficient (Wildman–Crippen LogP) is 0.590. The number of amides is 1. The number of fused-ring (bicyclic) bond motifs is 1. The van der Waals surface area contributed by atoms with Gasteiger partial charge in [0.2, 0.25) is 5.95 Å². The molecule has 1 aliphatic heterocycles. The number of hydrogen-bond acceptors (Lipinski definition) is 6. The van der Waals surface area contributed by atoms with Gasteiger partial charge >= 0.3 is 6.09 Å². The SMILES string of the molecule is CCOC(=O)N1CCN(c2ccn3nc(N)nc3c2)CC1. The van der Waals surface area contributed by atoms with E-state index in [0.29, 0.717) is 19.7 Å². The second-order valence-electron chi connectivity index (χ2n) is 4.83. The Labute approximate surface area is 122 Å². The van der Waals surface area contributed by atoms with Gasteiger partial charge in [0.15, 0.2) is 5.65 Å². The van der Waals surface area contributed by atoms with Crippen molar-refractivity contribution in [3.8, 4) is 0 Å². The molecule has 3 rings (SSSR count). The zero-order valence-electron chi connectivity index (χ0n) is 11.9. The zero-order chi connectivity index (χ0) is 14.8. The molecule has 1 fully saturated rings. The van der Waals surface area contributed by atoms with Crippen LogP contribution in [-0.4, -0.2) is 58.4 Å². The Balaban J connectivity index is 1.69. The van der Waals surface area contributed by atoms with Crippen LogP contribution in [0.3, 0.4) is 0 Å². The Bertz CT molecular complexity index is 647. The summed E-state index contributed by atoms with van der Waals surface area (Å²) in [6.45, 7) is 5.05. The second-order valence-corrected chi connectivity index (χ2v) is 4.83. The molecule has 112 valence electrons. The molecule has 0 bridgehead atoms. The third-order valence-electron chi connectivity index (χ3n) is 3.51. The van der Waals surface area contributed by atoms with Gasteiger partial charge in [-0.1, -0.05) is 0 Å². The minimum Gasteiger partial charge on any atom is -0.450 e. The highest BCUT2D eigenvalue weighted by atomic mass is 16.6. The maximum Gasteiger partial charge on any atom is 0.409 e. The topological polar surface area (TPSA) is 89.0 Å². The molecule has 0 radical (unpaired) electrons. The molecule has 8 heteroatoms. The van der Waals surface area contributed by atoms with Gasteiger partial charge in [-0.3, -0.25) is 0 Å². The number of hydrogen-bond donors (Lipinski definition) is 1. The number of carbonyl (C=O) groups is 1. The molecule has 8 nitrogen and oxygen atoms in total. The third kappa shape index (κ3) is 2.69. The number of nitrogen functional groups attached to an aromatic ring is 1. The number of anilines is 2. The Morgan fingerprint density at radius 2 is 2.14 bits per heavy atom. The van der Waals surface area contributed by atoms with Crippen LogP contribution in [0.5, 0.6) is 0 Å². The average Bonchev–Trinajstić information content (AvgIpc) is 2.86. The highest BCUT2D eigenvalue weighted by Crippen LogP contribution is 2.18. The van der Waals surface area contributed by atoms with Crippen LogP contribution in [0.2, 0.25) is 0 Å². The van der Waals surface area contributed by atoms with Gasteiger partial charge in [-0.2, -0.15) is 4.98 Å². The normalized spacial score (nSPS) is 15.5. The highest BCUT2D eigenvalue weighted by Gasteiger charge is 2.22. The molecule has 1 amide bonds. The summed E-state index contributed by atoms with van der Waals surface area (Å²) in [7, 11) is 0. The van der Waals surface area contributed by atoms with E-state index in [1.54, 1.807) is 9.42 Å². The predicted molar refractivity (Wildman–Crippen MR) is 78.2 cm³/mol. The van der Waals surface area contributed by atoms with Crippen LogP contribution in [-0.2, 0) is 4.74 Å².